The van der Waals surface area contributed by atoms with Crippen LogP contribution in [0.3, 0.4) is 0 Å². The summed E-state index contributed by atoms with van der Waals surface area (Å²) in [6.45, 7) is 4.19. The van der Waals surface area contributed by atoms with Crippen molar-refractivity contribution < 1.29 is 14.3 Å². The van der Waals surface area contributed by atoms with Gasteiger partial charge < -0.3 is 15.8 Å². The molecular weight excluding hydrogens is 236 g/mol. The highest BCUT2D eigenvalue weighted by atomic mass is 16.5. The number of anilines is 1. The van der Waals surface area contributed by atoms with E-state index >= 15 is 0 Å². The third-order valence-corrected chi connectivity index (χ3v) is 2.02. The van der Waals surface area contributed by atoms with Crippen molar-refractivity contribution in [2.24, 2.45) is 5.92 Å². The summed E-state index contributed by atoms with van der Waals surface area (Å²) < 4.78 is 6.15. The summed E-state index contributed by atoms with van der Waals surface area (Å²) in [7, 11) is 0. The number of carbonyl (C=O) groups excluding carboxylic acids is 2. The number of nitrogens with two attached hydrogens (primary N) is 1. The fourth-order valence-electron chi connectivity index (χ4n) is 1.16. The van der Waals surface area contributed by atoms with Gasteiger partial charge in [0.05, 0.1) is 11.9 Å². The van der Waals surface area contributed by atoms with Crippen molar-refractivity contribution in [3.05, 3.63) is 12.4 Å². The molecule has 0 spiro atoms. The third-order valence-electron chi connectivity index (χ3n) is 2.02. The molecule has 0 bridgehead atoms. The SMILES string of the molecule is CC(C)CNC(=O)COC(=O)Cn1cc(N)cn1. The van der Waals surface area contributed by atoms with Crippen molar-refractivity contribution in [1.82, 2.24) is 15.1 Å². The first-order chi connectivity index (χ1) is 8.47. The molecule has 0 aromatic carbocycles. The maximum absolute atomic E-state index is 11.4. The monoisotopic (exact) mass is 254 g/mol. The van der Waals surface area contributed by atoms with E-state index in [-0.39, 0.29) is 19.1 Å². The zero-order valence-electron chi connectivity index (χ0n) is 10.5. The molecule has 0 aliphatic rings. The second kappa shape index (κ2) is 6.63. The number of amides is 1. The molecule has 0 radical (unpaired) electrons. The van der Waals surface area contributed by atoms with E-state index in [9.17, 15) is 9.59 Å². The molecule has 7 nitrogen and oxygen atoms in total. The number of nitrogens with zero attached hydrogens (tertiary/aromatic N) is 2. The van der Waals surface area contributed by atoms with E-state index in [1.54, 1.807) is 0 Å². The van der Waals surface area contributed by atoms with Crippen LogP contribution in [-0.2, 0) is 20.9 Å². The second-order valence-electron chi connectivity index (χ2n) is 4.33. The largest absolute Gasteiger partial charge is 0.454 e. The zero-order valence-corrected chi connectivity index (χ0v) is 10.5. The summed E-state index contributed by atoms with van der Waals surface area (Å²) in [5.74, 6) is -0.480. The summed E-state index contributed by atoms with van der Waals surface area (Å²) in [5.41, 5.74) is 5.91. The number of carbonyl (C=O) groups is 2. The first kappa shape index (κ1) is 14.0. The highest BCUT2D eigenvalue weighted by Crippen LogP contribution is 1.97. The van der Waals surface area contributed by atoms with E-state index in [0.717, 1.165) is 0 Å². The molecule has 0 atom stereocenters. The zero-order chi connectivity index (χ0) is 13.5. The number of nitrogen functional groups attached to an aromatic ring is 1. The van der Waals surface area contributed by atoms with Gasteiger partial charge >= 0.3 is 5.97 Å². The van der Waals surface area contributed by atoms with E-state index in [1.165, 1.54) is 17.1 Å². The van der Waals surface area contributed by atoms with Crippen molar-refractivity contribution in [3.8, 4) is 0 Å². The fourth-order valence-corrected chi connectivity index (χ4v) is 1.16. The van der Waals surface area contributed by atoms with Gasteiger partial charge in [0.2, 0.25) is 0 Å². The number of hydrogen-bond donors (Lipinski definition) is 2. The van der Waals surface area contributed by atoms with Crippen LogP contribution in [0.15, 0.2) is 12.4 Å². The van der Waals surface area contributed by atoms with Crippen molar-refractivity contribution in [2.75, 3.05) is 18.9 Å². The Morgan fingerprint density at radius 2 is 2.28 bits per heavy atom. The van der Waals surface area contributed by atoms with Gasteiger partial charge in [-0.05, 0) is 5.92 Å². The number of aromatic nitrogens is 2. The maximum atomic E-state index is 11.4. The van der Waals surface area contributed by atoms with E-state index in [0.29, 0.717) is 18.2 Å². The molecule has 100 valence electrons. The Labute approximate surface area is 105 Å². The minimum absolute atomic E-state index is 0.0609. The van der Waals surface area contributed by atoms with Crippen molar-refractivity contribution >= 4 is 17.6 Å². The van der Waals surface area contributed by atoms with E-state index in [4.69, 9.17) is 10.5 Å². The first-order valence-corrected chi connectivity index (χ1v) is 5.67. The normalized spacial score (nSPS) is 10.4. The van der Waals surface area contributed by atoms with Gasteiger partial charge in [-0.2, -0.15) is 5.10 Å². The van der Waals surface area contributed by atoms with E-state index in [1.807, 2.05) is 13.8 Å². The molecule has 0 unspecified atom stereocenters. The maximum Gasteiger partial charge on any atom is 0.328 e. The second-order valence-corrected chi connectivity index (χ2v) is 4.33. The molecule has 3 N–H and O–H groups in total. The number of esters is 1. The molecule has 1 rings (SSSR count). The lowest BCUT2D eigenvalue weighted by Gasteiger charge is -2.08. The topological polar surface area (TPSA) is 99.2 Å². The van der Waals surface area contributed by atoms with Crippen LogP contribution < -0.4 is 11.1 Å². The lowest BCUT2D eigenvalue weighted by molar-refractivity contribution is -0.149. The molecule has 0 saturated heterocycles. The highest BCUT2D eigenvalue weighted by molar-refractivity contribution is 5.80. The molecular formula is C11H18N4O3. The Morgan fingerprint density at radius 1 is 1.56 bits per heavy atom. The molecule has 1 aromatic rings. The molecule has 1 heterocycles. The van der Waals surface area contributed by atoms with Crippen LogP contribution in [0.4, 0.5) is 5.69 Å². The first-order valence-electron chi connectivity index (χ1n) is 5.67. The van der Waals surface area contributed by atoms with Crippen LogP contribution in [0.25, 0.3) is 0 Å². The average Bonchev–Trinajstić information content (AvgIpc) is 2.69. The summed E-state index contributed by atoms with van der Waals surface area (Å²) in [6, 6.07) is 0. The molecule has 0 aliphatic carbocycles. The van der Waals surface area contributed by atoms with Crippen LogP contribution in [-0.4, -0.2) is 34.8 Å². The van der Waals surface area contributed by atoms with Gasteiger partial charge in [0, 0.05) is 12.7 Å². The van der Waals surface area contributed by atoms with Crippen LogP contribution >= 0.6 is 0 Å². The molecule has 7 heteroatoms. The lowest BCUT2D eigenvalue weighted by atomic mass is 10.2. The van der Waals surface area contributed by atoms with Crippen molar-refractivity contribution in [1.29, 1.82) is 0 Å². The van der Waals surface area contributed by atoms with Crippen molar-refractivity contribution in [2.45, 2.75) is 20.4 Å². The minimum atomic E-state index is -0.530. The average molecular weight is 254 g/mol. The van der Waals surface area contributed by atoms with Gasteiger partial charge in [-0.3, -0.25) is 14.3 Å². The smallest absolute Gasteiger partial charge is 0.328 e. The highest BCUT2D eigenvalue weighted by Gasteiger charge is 2.09. The van der Waals surface area contributed by atoms with Crippen LogP contribution in [0, 0.1) is 5.92 Å². The van der Waals surface area contributed by atoms with Gasteiger partial charge in [-0.25, -0.2) is 0 Å². The predicted octanol–water partition coefficient (Wildman–Crippen LogP) is -0.219. The number of nitrogens with one attached hydrogen (secondary N) is 1. The van der Waals surface area contributed by atoms with Crippen LogP contribution in [0.2, 0.25) is 0 Å². The van der Waals surface area contributed by atoms with Crippen LogP contribution in [0.1, 0.15) is 13.8 Å². The fraction of sp³-hybridized carbons (Fsp3) is 0.545. The third kappa shape index (κ3) is 5.33. The number of ether oxygens (including phenoxy) is 1. The van der Waals surface area contributed by atoms with Gasteiger partial charge in [0.25, 0.3) is 5.91 Å². The number of hydrogen-bond acceptors (Lipinski definition) is 5. The Kier molecular flexibility index (Phi) is 5.16. The van der Waals surface area contributed by atoms with Crippen LogP contribution in [0.5, 0.6) is 0 Å². The van der Waals surface area contributed by atoms with E-state index in [2.05, 4.69) is 10.4 Å². The van der Waals surface area contributed by atoms with Gasteiger partial charge in [-0.1, -0.05) is 13.8 Å². The summed E-state index contributed by atoms with van der Waals surface area (Å²) in [4.78, 5) is 22.6. The Bertz CT molecular complexity index is 414. The molecule has 1 amide bonds. The predicted molar refractivity (Wildman–Crippen MR) is 65.4 cm³/mol. The quantitative estimate of drug-likeness (QED) is 0.684. The molecule has 0 aliphatic heterocycles. The summed E-state index contributed by atoms with van der Waals surface area (Å²) in [6.07, 6.45) is 2.95. The molecule has 0 fully saturated rings. The van der Waals surface area contributed by atoms with Gasteiger partial charge in [0.15, 0.2) is 6.61 Å². The summed E-state index contributed by atoms with van der Waals surface area (Å²) >= 11 is 0. The molecule has 0 saturated carbocycles. The Hall–Kier alpha value is -2.05. The Balaban J connectivity index is 2.22. The van der Waals surface area contributed by atoms with Gasteiger partial charge in [-0.15, -0.1) is 0 Å². The Morgan fingerprint density at radius 3 is 2.83 bits per heavy atom. The molecule has 18 heavy (non-hydrogen) atoms. The lowest BCUT2D eigenvalue weighted by Crippen LogP contribution is -2.32. The molecule has 1 aromatic heterocycles. The van der Waals surface area contributed by atoms with Crippen molar-refractivity contribution in [3.63, 3.8) is 0 Å². The number of rotatable bonds is 6. The summed E-state index contributed by atoms with van der Waals surface area (Å²) in [5, 5.41) is 6.48. The standard InChI is InChI=1S/C11H18N4O3/c1-8(2)3-13-10(16)7-18-11(17)6-15-5-9(12)4-14-15/h4-5,8H,3,6-7,12H2,1-2H3,(H,13,16). The van der Waals surface area contributed by atoms with E-state index < -0.39 is 5.97 Å². The minimum Gasteiger partial charge on any atom is -0.454 e. The van der Waals surface area contributed by atoms with Gasteiger partial charge in [0.1, 0.15) is 6.54 Å².